The van der Waals surface area contributed by atoms with Crippen LogP contribution in [0.5, 0.6) is 5.75 Å². The molecule has 0 aliphatic carbocycles. The highest BCUT2D eigenvalue weighted by Crippen LogP contribution is 2.43. The molecule has 7 nitrogen and oxygen atoms in total. The molecular weight excluding hydrogens is 597 g/mol. The van der Waals surface area contributed by atoms with E-state index in [4.69, 9.17) is 16.3 Å². The molecule has 1 saturated heterocycles. The van der Waals surface area contributed by atoms with Crippen LogP contribution in [0.25, 0.3) is 0 Å². The van der Waals surface area contributed by atoms with Gasteiger partial charge in [0.2, 0.25) is 10.0 Å². The molecule has 0 radical (unpaired) electrons. The van der Waals surface area contributed by atoms with Gasteiger partial charge in [0.1, 0.15) is 16.3 Å². The zero-order valence-corrected chi connectivity index (χ0v) is 24.0. The van der Waals surface area contributed by atoms with Crippen molar-refractivity contribution in [2.45, 2.75) is 24.3 Å². The lowest BCUT2D eigenvalue weighted by atomic mass is 10.0. The minimum atomic E-state index is -3.97. The number of amides is 1. The number of carbonyl (C=O) groups is 1. The van der Waals surface area contributed by atoms with Gasteiger partial charge in [0.05, 0.1) is 21.7 Å². The SMILES string of the molecule is CC1(C)CN(C(=O)c2ccc(Cl)c(S(=O)(=O)N3CCN(c4ccc(F)cc4)CC3)c2)c2cccc(Br)c2O1. The predicted octanol–water partition coefficient (Wildman–Crippen LogP) is 5.57. The fourth-order valence-corrected chi connectivity index (χ4v) is 7.09. The van der Waals surface area contributed by atoms with Crippen LogP contribution < -0.4 is 14.5 Å². The molecule has 0 bridgehead atoms. The van der Waals surface area contributed by atoms with E-state index in [1.807, 2.05) is 30.9 Å². The third kappa shape index (κ3) is 5.14. The van der Waals surface area contributed by atoms with Crippen LogP contribution in [0.15, 0.2) is 70.0 Å². The number of hydrogen-bond donors (Lipinski definition) is 0. The Hall–Kier alpha value is -2.66. The van der Waals surface area contributed by atoms with E-state index < -0.39 is 15.6 Å². The Morgan fingerprint density at radius 2 is 1.71 bits per heavy atom. The molecule has 0 atom stereocenters. The van der Waals surface area contributed by atoms with Gasteiger partial charge in [0.15, 0.2) is 5.75 Å². The van der Waals surface area contributed by atoms with Gasteiger partial charge in [0.25, 0.3) is 5.91 Å². The summed E-state index contributed by atoms with van der Waals surface area (Å²) in [6, 6.07) is 15.9. The van der Waals surface area contributed by atoms with Gasteiger partial charge in [-0.15, -0.1) is 0 Å². The first-order valence-corrected chi connectivity index (χ1v) is 14.7. The Kier molecular flexibility index (Phi) is 7.19. The van der Waals surface area contributed by atoms with E-state index in [2.05, 4.69) is 15.9 Å². The second-order valence-corrected chi connectivity index (χ2v) is 13.0. The van der Waals surface area contributed by atoms with E-state index >= 15 is 0 Å². The molecule has 1 amide bonds. The maximum absolute atomic E-state index is 13.7. The molecule has 2 heterocycles. The minimum absolute atomic E-state index is 0.0490. The van der Waals surface area contributed by atoms with Crippen LogP contribution in [0.2, 0.25) is 5.02 Å². The third-order valence-electron chi connectivity index (χ3n) is 6.63. The molecule has 0 unspecified atom stereocenters. The van der Waals surface area contributed by atoms with E-state index in [9.17, 15) is 17.6 Å². The topological polar surface area (TPSA) is 70.2 Å². The molecule has 0 aromatic heterocycles. The zero-order valence-electron chi connectivity index (χ0n) is 20.8. The highest BCUT2D eigenvalue weighted by molar-refractivity contribution is 9.10. The number of benzene rings is 3. The Labute approximate surface area is 234 Å². The minimum Gasteiger partial charge on any atom is -0.483 e. The predicted molar refractivity (Wildman–Crippen MR) is 149 cm³/mol. The standard InChI is InChI=1S/C27H26BrClFN3O4S/c1-27(2)17-33(23-5-3-4-21(28)25(23)37-27)26(34)18-6-11-22(29)24(16-18)38(35,36)32-14-12-31(13-15-32)20-9-7-19(30)8-10-20/h3-11,16H,12-15,17H2,1-2H3. The van der Waals surface area contributed by atoms with Crippen molar-refractivity contribution in [3.63, 3.8) is 0 Å². The number of ether oxygens (including phenoxy) is 1. The molecule has 5 rings (SSSR count). The molecule has 3 aromatic rings. The van der Waals surface area contributed by atoms with Gasteiger partial charge in [-0.25, -0.2) is 12.8 Å². The van der Waals surface area contributed by atoms with Crippen molar-refractivity contribution >= 4 is 54.8 Å². The average Bonchev–Trinajstić information content (AvgIpc) is 2.89. The number of para-hydroxylation sites is 1. The van der Waals surface area contributed by atoms with E-state index in [0.29, 0.717) is 24.5 Å². The van der Waals surface area contributed by atoms with Crippen LogP contribution in [0.3, 0.4) is 0 Å². The number of fused-ring (bicyclic) bond motifs is 1. The summed E-state index contributed by atoms with van der Waals surface area (Å²) in [5.74, 6) is -0.122. The van der Waals surface area contributed by atoms with Gasteiger partial charge in [-0.1, -0.05) is 17.7 Å². The van der Waals surface area contributed by atoms with Crippen LogP contribution in [0.1, 0.15) is 24.2 Å². The summed E-state index contributed by atoms with van der Waals surface area (Å²) in [7, 11) is -3.97. The normalized spacial score (nSPS) is 17.6. The first kappa shape index (κ1) is 26.9. The highest BCUT2D eigenvalue weighted by Gasteiger charge is 2.37. The molecule has 11 heteroatoms. The van der Waals surface area contributed by atoms with E-state index in [1.54, 1.807) is 23.1 Å². The second-order valence-electron chi connectivity index (χ2n) is 9.85. The van der Waals surface area contributed by atoms with E-state index in [1.165, 1.54) is 34.6 Å². The van der Waals surface area contributed by atoms with Crippen molar-refractivity contribution < 1.29 is 22.3 Å². The summed E-state index contributed by atoms with van der Waals surface area (Å²) in [6.07, 6.45) is 0. The number of sulfonamides is 1. The van der Waals surface area contributed by atoms with Crippen molar-refractivity contribution in [2.75, 3.05) is 42.5 Å². The summed E-state index contributed by atoms with van der Waals surface area (Å²) < 4.78 is 48.7. The Balaban J connectivity index is 1.40. The quantitative estimate of drug-likeness (QED) is 0.381. The van der Waals surface area contributed by atoms with Crippen molar-refractivity contribution in [2.24, 2.45) is 0 Å². The van der Waals surface area contributed by atoms with Crippen LogP contribution in [0, 0.1) is 5.82 Å². The molecule has 3 aromatic carbocycles. The van der Waals surface area contributed by atoms with Crippen LogP contribution in [0.4, 0.5) is 15.8 Å². The van der Waals surface area contributed by atoms with E-state index in [0.717, 1.165) is 10.2 Å². The maximum Gasteiger partial charge on any atom is 0.258 e. The molecule has 1 fully saturated rings. The molecule has 0 spiro atoms. The smallest absolute Gasteiger partial charge is 0.258 e. The lowest BCUT2D eigenvalue weighted by Gasteiger charge is -2.40. The summed E-state index contributed by atoms with van der Waals surface area (Å²) in [4.78, 5) is 17.2. The van der Waals surface area contributed by atoms with Gasteiger partial charge in [-0.3, -0.25) is 4.79 Å². The van der Waals surface area contributed by atoms with Gasteiger partial charge >= 0.3 is 0 Å². The van der Waals surface area contributed by atoms with Crippen molar-refractivity contribution in [1.82, 2.24) is 4.31 Å². The summed E-state index contributed by atoms with van der Waals surface area (Å²) >= 11 is 9.87. The molecule has 0 N–H and O–H groups in total. The molecule has 200 valence electrons. The van der Waals surface area contributed by atoms with Gasteiger partial charge in [-0.2, -0.15) is 4.31 Å². The first-order chi connectivity index (χ1) is 18.0. The fraction of sp³-hybridized carbons (Fsp3) is 0.296. The number of piperazine rings is 1. The van der Waals surface area contributed by atoms with Crippen molar-refractivity contribution in [3.8, 4) is 5.75 Å². The zero-order chi connectivity index (χ0) is 27.2. The molecule has 0 saturated carbocycles. The van der Waals surface area contributed by atoms with Crippen molar-refractivity contribution in [1.29, 1.82) is 0 Å². The molecule has 38 heavy (non-hydrogen) atoms. The van der Waals surface area contributed by atoms with Crippen LogP contribution in [-0.2, 0) is 10.0 Å². The molecule has 2 aliphatic rings. The number of rotatable bonds is 4. The Morgan fingerprint density at radius 3 is 2.39 bits per heavy atom. The average molecular weight is 623 g/mol. The monoisotopic (exact) mass is 621 g/mol. The van der Waals surface area contributed by atoms with Gasteiger partial charge < -0.3 is 14.5 Å². The Morgan fingerprint density at radius 1 is 1.03 bits per heavy atom. The fourth-order valence-electron chi connectivity index (χ4n) is 4.73. The number of carbonyl (C=O) groups excluding carboxylic acids is 1. The third-order valence-corrected chi connectivity index (χ3v) is 9.63. The van der Waals surface area contributed by atoms with E-state index in [-0.39, 0.29) is 46.8 Å². The second kappa shape index (κ2) is 10.1. The first-order valence-electron chi connectivity index (χ1n) is 12.1. The largest absolute Gasteiger partial charge is 0.483 e. The Bertz CT molecular complexity index is 1490. The molecule has 2 aliphatic heterocycles. The molecular formula is C27H26BrClFN3O4S. The summed E-state index contributed by atoms with van der Waals surface area (Å²) in [5, 5.41) is 0.0490. The van der Waals surface area contributed by atoms with Crippen molar-refractivity contribution in [3.05, 3.63) is 81.5 Å². The number of nitrogens with zero attached hydrogens (tertiary/aromatic N) is 3. The number of hydrogen-bond acceptors (Lipinski definition) is 5. The maximum atomic E-state index is 13.7. The number of anilines is 2. The lowest BCUT2D eigenvalue weighted by molar-refractivity contribution is 0.0832. The van der Waals surface area contributed by atoms with Gasteiger partial charge in [-0.05, 0) is 84.4 Å². The summed E-state index contributed by atoms with van der Waals surface area (Å²) in [6.45, 7) is 5.40. The lowest BCUT2D eigenvalue weighted by Crippen LogP contribution is -2.49. The number of halogens is 3. The summed E-state index contributed by atoms with van der Waals surface area (Å²) in [5.41, 5.74) is 0.980. The van der Waals surface area contributed by atoms with Gasteiger partial charge in [0, 0.05) is 37.4 Å². The van der Waals surface area contributed by atoms with Crippen LogP contribution in [-0.4, -0.2) is 57.0 Å². The highest BCUT2D eigenvalue weighted by atomic mass is 79.9. The van der Waals surface area contributed by atoms with Crippen LogP contribution >= 0.6 is 27.5 Å².